The van der Waals surface area contributed by atoms with Crippen LogP contribution in [0.25, 0.3) is 0 Å². The first-order chi connectivity index (χ1) is 3.41. The van der Waals surface area contributed by atoms with E-state index in [0.717, 1.165) is 43.1 Å². The van der Waals surface area contributed by atoms with Crippen molar-refractivity contribution < 1.29 is 30.2 Å². The molecule has 0 radical (unpaired) electrons. The van der Waals surface area contributed by atoms with Gasteiger partial charge < -0.3 is 0 Å². The molecule has 2 heteroatoms. The summed E-state index contributed by atoms with van der Waals surface area (Å²) in [5.41, 5.74) is 5.07. The summed E-state index contributed by atoms with van der Waals surface area (Å²) in [7, 11) is 0. The molecular weight excluding hydrogens is 163 g/mol. The molecule has 36 valence electrons. The summed E-state index contributed by atoms with van der Waals surface area (Å²) in [6, 6.07) is 0. The molecule has 0 unspecified atom stereocenters. The minimum absolute atomic E-state index is 1.05. The van der Waals surface area contributed by atoms with Crippen LogP contribution in [0.3, 0.4) is 0 Å². The molecule has 0 spiro atoms. The molecule has 0 aliphatic heterocycles. The van der Waals surface area contributed by atoms with Crippen molar-refractivity contribution >= 4 is 0 Å². The van der Waals surface area contributed by atoms with Crippen LogP contribution in [0.2, 0.25) is 0 Å². The molecule has 0 aromatic rings. The first-order valence-electron chi connectivity index (χ1n) is 2.22. The number of rotatable bonds is 2. The molecule has 0 amide bonds. The van der Waals surface area contributed by atoms with E-state index in [0.29, 0.717) is 0 Å². The fourth-order valence-electron chi connectivity index (χ4n) is 0.263. The number of nitrogens with two attached hydrogens (primary N) is 1. The van der Waals surface area contributed by atoms with Gasteiger partial charge in [0.05, 0.1) is 0 Å². The molecule has 0 aliphatic rings. The molecule has 1 nitrogen and oxygen atoms in total. The first kappa shape index (κ1) is 7.42. The van der Waals surface area contributed by atoms with Crippen LogP contribution in [-0.2, 0) is 30.2 Å². The van der Waals surface area contributed by atoms with E-state index in [9.17, 15) is 0 Å². The SMILES string of the molecule is N/C=C/CC[C]#[Y]. The second kappa shape index (κ2) is 6.42. The van der Waals surface area contributed by atoms with Gasteiger partial charge in [0, 0.05) is 0 Å². The first-order valence-corrected chi connectivity index (χ1v) is 3.64. The fourth-order valence-corrected chi connectivity index (χ4v) is 0.673. The summed E-state index contributed by atoms with van der Waals surface area (Å²) >= 11 is 1.13. The van der Waals surface area contributed by atoms with E-state index in [1.54, 1.807) is 6.20 Å². The van der Waals surface area contributed by atoms with Crippen LogP contribution in [-0.4, -0.2) is 0 Å². The van der Waals surface area contributed by atoms with Gasteiger partial charge in [0.1, 0.15) is 0 Å². The molecule has 0 heterocycles. The Morgan fingerprint density at radius 3 is 2.86 bits per heavy atom. The van der Waals surface area contributed by atoms with E-state index < -0.39 is 0 Å². The van der Waals surface area contributed by atoms with Gasteiger partial charge in [-0.05, 0) is 0 Å². The van der Waals surface area contributed by atoms with Crippen LogP contribution in [0.1, 0.15) is 12.8 Å². The molecule has 0 aromatic heterocycles. The van der Waals surface area contributed by atoms with Crippen molar-refractivity contribution in [2.45, 2.75) is 12.8 Å². The molecule has 0 fully saturated rings. The quantitative estimate of drug-likeness (QED) is 0.609. The van der Waals surface area contributed by atoms with Crippen molar-refractivity contribution in [2.24, 2.45) is 5.73 Å². The molecule has 0 saturated heterocycles. The van der Waals surface area contributed by atoms with Gasteiger partial charge in [-0.1, -0.05) is 0 Å². The average Bonchev–Trinajstić information content (AvgIpc) is 1.69. The number of allylic oxidation sites excluding steroid dienone is 1. The van der Waals surface area contributed by atoms with E-state index >= 15 is 0 Å². The van der Waals surface area contributed by atoms with Crippen LogP contribution in [0.4, 0.5) is 0 Å². The Hall–Kier alpha value is 0.424. The molecule has 0 saturated carbocycles. The summed E-state index contributed by atoms with van der Waals surface area (Å²) in [5.74, 6) is 0. The van der Waals surface area contributed by atoms with Crippen LogP contribution < -0.4 is 5.73 Å². The van der Waals surface area contributed by atoms with Gasteiger partial charge >= 0.3 is 63.7 Å². The molecular formula is C5H8NY. The molecule has 0 aromatic carbocycles. The Kier molecular flexibility index (Phi) is 6.81. The summed E-state index contributed by atoms with van der Waals surface area (Å²) in [5, 5.41) is 0. The van der Waals surface area contributed by atoms with Gasteiger partial charge in [-0.2, -0.15) is 0 Å². The fraction of sp³-hybridized carbons (Fsp3) is 0.400. The second-order valence-corrected chi connectivity index (χ2v) is 2.17. The van der Waals surface area contributed by atoms with Crippen molar-refractivity contribution in [1.82, 2.24) is 0 Å². The Bertz CT molecular complexity index is 90.7. The zero-order valence-corrected chi connectivity index (χ0v) is 7.06. The van der Waals surface area contributed by atoms with E-state index in [1.165, 1.54) is 0 Å². The summed E-state index contributed by atoms with van der Waals surface area (Å²) in [4.78, 5) is 0. The summed E-state index contributed by atoms with van der Waals surface area (Å²) in [6.07, 6.45) is 5.65. The third kappa shape index (κ3) is 6.42. The van der Waals surface area contributed by atoms with Crippen LogP contribution in [0.5, 0.6) is 0 Å². The maximum absolute atomic E-state index is 5.07. The van der Waals surface area contributed by atoms with Crippen molar-refractivity contribution in [3.05, 3.63) is 12.3 Å². The topological polar surface area (TPSA) is 26.0 Å². The molecule has 0 bridgehead atoms. The number of hydrogen-bond donors (Lipinski definition) is 1. The zero-order valence-electron chi connectivity index (χ0n) is 4.22. The Morgan fingerprint density at radius 2 is 2.43 bits per heavy atom. The van der Waals surface area contributed by atoms with Gasteiger partial charge in [0.25, 0.3) is 0 Å². The third-order valence-corrected chi connectivity index (χ3v) is 1.30. The van der Waals surface area contributed by atoms with Crippen molar-refractivity contribution in [3.63, 3.8) is 0 Å². The Morgan fingerprint density at radius 1 is 1.71 bits per heavy atom. The molecule has 0 atom stereocenters. The zero-order chi connectivity index (χ0) is 5.54. The molecule has 2 N–H and O–H groups in total. The Labute approximate surface area is 63.4 Å². The van der Waals surface area contributed by atoms with Crippen LogP contribution >= 0.6 is 0 Å². The van der Waals surface area contributed by atoms with E-state index in [2.05, 4.69) is 2.59 Å². The standard InChI is InChI=1S/C5H8N.Y/c1-2-3-4-5-6;/h4-5H,2-3,6H2;/b5-4+;. The predicted octanol–water partition coefficient (Wildman–Crippen LogP) is 0.745. The van der Waals surface area contributed by atoms with E-state index in [1.807, 2.05) is 6.08 Å². The monoisotopic (exact) mass is 171 g/mol. The van der Waals surface area contributed by atoms with Gasteiger partial charge in [-0.3, -0.25) is 0 Å². The van der Waals surface area contributed by atoms with Crippen molar-refractivity contribution in [3.8, 4) is 2.59 Å². The maximum atomic E-state index is 5.07. The minimum atomic E-state index is 1.05. The van der Waals surface area contributed by atoms with Gasteiger partial charge in [0.2, 0.25) is 0 Å². The normalized spacial score (nSPS) is 9.43. The summed E-state index contributed by atoms with van der Waals surface area (Å²) < 4.78 is 3.13. The second-order valence-electron chi connectivity index (χ2n) is 1.17. The van der Waals surface area contributed by atoms with Crippen LogP contribution in [0.15, 0.2) is 12.3 Å². The third-order valence-electron chi connectivity index (χ3n) is 0.591. The average molecular weight is 171 g/mol. The van der Waals surface area contributed by atoms with E-state index in [4.69, 9.17) is 5.73 Å². The van der Waals surface area contributed by atoms with Gasteiger partial charge in [0.15, 0.2) is 0 Å². The number of hydrogen-bond acceptors (Lipinski definition) is 1. The predicted molar refractivity (Wildman–Crippen MR) is 26.4 cm³/mol. The Balaban J connectivity index is 2.87. The van der Waals surface area contributed by atoms with Gasteiger partial charge in [-0.25, -0.2) is 0 Å². The van der Waals surface area contributed by atoms with Crippen molar-refractivity contribution in [2.75, 3.05) is 0 Å². The van der Waals surface area contributed by atoms with Crippen LogP contribution in [0, 0.1) is 2.59 Å². The van der Waals surface area contributed by atoms with Gasteiger partial charge in [-0.15, -0.1) is 0 Å². The molecule has 0 aliphatic carbocycles. The molecule has 0 rings (SSSR count). The molecule has 7 heavy (non-hydrogen) atoms. The number of unbranched alkanes of at least 4 members (excludes halogenated alkanes) is 1. The van der Waals surface area contributed by atoms with E-state index in [-0.39, 0.29) is 0 Å². The summed E-state index contributed by atoms with van der Waals surface area (Å²) in [6.45, 7) is 0. The van der Waals surface area contributed by atoms with Crippen molar-refractivity contribution in [1.29, 1.82) is 0 Å².